The van der Waals surface area contributed by atoms with Crippen molar-refractivity contribution in [3.8, 4) is 0 Å². The zero-order valence-corrected chi connectivity index (χ0v) is 6.92. The van der Waals surface area contributed by atoms with Crippen LogP contribution in [0.5, 0.6) is 0 Å². The van der Waals surface area contributed by atoms with E-state index in [9.17, 15) is 0 Å². The van der Waals surface area contributed by atoms with Crippen LogP contribution in [0.15, 0.2) is 0 Å². The van der Waals surface area contributed by atoms with Crippen LogP contribution in [-0.2, 0) is 4.74 Å². The first kappa shape index (κ1) is 8.02. The zero-order chi connectivity index (χ0) is 7.78. The molecule has 0 radical (unpaired) electrons. The Kier molecular flexibility index (Phi) is 2.02. The van der Waals surface area contributed by atoms with E-state index in [4.69, 9.17) is 9.84 Å². The molecule has 1 heterocycles. The Bertz CT molecular complexity index is 120. The highest BCUT2D eigenvalue weighted by atomic mass is 16.5. The smallest absolute Gasteiger partial charge is 0.0603 e. The molecule has 2 atom stereocenters. The van der Waals surface area contributed by atoms with Crippen LogP contribution in [0.25, 0.3) is 0 Å². The molecule has 0 saturated carbocycles. The van der Waals surface area contributed by atoms with E-state index in [-0.39, 0.29) is 18.1 Å². The number of hydrogen-bond acceptors (Lipinski definition) is 2. The molecule has 1 N–H and O–H groups in total. The van der Waals surface area contributed by atoms with E-state index >= 15 is 0 Å². The summed E-state index contributed by atoms with van der Waals surface area (Å²) in [6.45, 7) is 7.32. The molecule has 0 aromatic carbocycles. The van der Waals surface area contributed by atoms with Gasteiger partial charge in [0.15, 0.2) is 0 Å². The summed E-state index contributed by atoms with van der Waals surface area (Å²) in [5.74, 6) is 0.312. The van der Waals surface area contributed by atoms with Crippen LogP contribution in [0, 0.1) is 11.3 Å². The molecule has 2 unspecified atom stereocenters. The lowest BCUT2D eigenvalue weighted by atomic mass is 9.80. The molecule has 1 aliphatic heterocycles. The molecule has 0 aliphatic carbocycles. The topological polar surface area (TPSA) is 29.5 Å². The van der Waals surface area contributed by atoms with E-state index in [2.05, 4.69) is 13.8 Å². The Hall–Kier alpha value is -0.0800. The van der Waals surface area contributed by atoms with Crippen molar-refractivity contribution in [1.29, 1.82) is 0 Å². The average molecular weight is 144 g/mol. The summed E-state index contributed by atoms with van der Waals surface area (Å²) in [7, 11) is 0. The summed E-state index contributed by atoms with van der Waals surface area (Å²) in [5.41, 5.74) is 0.161. The van der Waals surface area contributed by atoms with Gasteiger partial charge in [0.25, 0.3) is 0 Å². The highest BCUT2D eigenvalue weighted by Crippen LogP contribution is 2.37. The Balaban J connectivity index is 2.63. The molecule has 0 aromatic rings. The van der Waals surface area contributed by atoms with Crippen molar-refractivity contribution in [2.45, 2.75) is 26.9 Å². The van der Waals surface area contributed by atoms with Gasteiger partial charge in [0.1, 0.15) is 0 Å². The standard InChI is InChI=1S/C8H16O2/c1-6-7(4-9)8(2,3)5-10-6/h6-7,9H,4-5H2,1-3H3. The van der Waals surface area contributed by atoms with E-state index in [0.29, 0.717) is 5.92 Å². The molecule has 1 saturated heterocycles. The second-order valence-electron chi connectivity index (χ2n) is 3.79. The van der Waals surface area contributed by atoms with Crippen LogP contribution in [-0.4, -0.2) is 24.4 Å². The van der Waals surface area contributed by atoms with Crippen LogP contribution in [0.4, 0.5) is 0 Å². The molecule has 0 aromatic heterocycles. The van der Waals surface area contributed by atoms with Gasteiger partial charge in [0.05, 0.1) is 12.7 Å². The lowest BCUT2D eigenvalue weighted by molar-refractivity contribution is 0.0859. The maximum Gasteiger partial charge on any atom is 0.0603 e. The van der Waals surface area contributed by atoms with Crippen molar-refractivity contribution in [3.05, 3.63) is 0 Å². The number of aliphatic hydroxyl groups excluding tert-OH is 1. The van der Waals surface area contributed by atoms with Crippen LogP contribution >= 0.6 is 0 Å². The summed E-state index contributed by atoms with van der Waals surface area (Å²) >= 11 is 0. The van der Waals surface area contributed by atoms with Gasteiger partial charge in [-0.1, -0.05) is 13.8 Å². The van der Waals surface area contributed by atoms with Crippen molar-refractivity contribution in [2.24, 2.45) is 11.3 Å². The lowest BCUT2D eigenvalue weighted by Gasteiger charge is -2.24. The first-order valence-electron chi connectivity index (χ1n) is 3.80. The fourth-order valence-electron chi connectivity index (χ4n) is 1.60. The third kappa shape index (κ3) is 1.18. The molecule has 0 amide bonds. The normalized spacial score (nSPS) is 38.4. The van der Waals surface area contributed by atoms with Gasteiger partial charge in [-0.05, 0) is 12.3 Å². The van der Waals surface area contributed by atoms with Crippen LogP contribution in [0.3, 0.4) is 0 Å². The maximum absolute atomic E-state index is 8.99. The van der Waals surface area contributed by atoms with E-state index in [1.807, 2.05) is 6.92 Å². The van der Waals surface area contributed by atoms with Gasteiger partial charge in [-0.2, -0.15) is 0 Å². The molecule has 0 spiro atoms. The van der Waals surface area contributed by atoms with Gasteiger partial charge < -0.3 is 9.84 Å². The number of aliphatic hydroxyl groups is 1. The van der Waals surface area contributed by atoms with Crippen molar-refractivity contribution in [2.75, 3.05) is 13.2 Å². The van der Waals surface area contributed by atoms with Gasteiger partial charge in [-0.15, -0.1) is 0 Å². The minimum Gasteiger partial charge on any atom is -0.396 e. The Morgan fingerprint density at radius 3 is 2.40 bits per heavy atom. The summed E-state index contributed by atoms with van der Waals surface area (Å²) in [6, 6.07) is 0. The first-order valence-corrected chi connectivity index (χ1v) is 3.80. The molecular formula is C8H16O2. The maximum atomic E-state index is 8.99. The Morgan fingerprint density at radius 2 is 2.20 bits per heavy atom. The Morgan fingerprint density at radius 1 is 1.60 bits per heavy atom. The summed E-state index contributed by atoms with van der Waals surface area (Å²) in [6.07, 6.45) is 0.222. The Labute approximate surface area is 62.2 Å². The van der Waals surface area contributed by atoms with Crippen LogP contribution < -0.4 is 0 Å². The first-order chi connectivity index (χ1) is 4.58. The molecule has 1 aliphatic rings. The minimum absolute atomic E-state index is 0.161. The van der Waals surface area contributed by atoms with Crippen molar-refractivity contribution in [1.82, 2.24) is 0 Å². The second-order valence-corrected chi connectivity index (χ2v) is 3.79. The molecule has 2 nitrogen and oxygen atoms in total. The summed E-state index contributed by atoms with van der Waals surface area (Å²) in [4.78, 5) is 0. The quantitative estimate of drug-likeness (QED) is 0.596. The number of rotatable bonds is 1. The van der Waals surface area contributed by atoms with Crippen molar-refractivity contribution < 1.29 is 9.84 Å². The monoisotopic (exact) mass is 144 g/mol. The molecule has 0 bridgehead atoms. The van der Waals surface area contributed by atoms with Crippen molar-refractivity contribution >= 4 is 0 Å². The molecule has 2 heteroatoms. The fraction of sp³-hybridized carbons (Fsp3) is 1.00. The number of hydrogen-bond donors (Lipinski definition) is 1. The predicted octanol–water partition coefficient (Wildman–Crippen LogP) is 1.04. The molecule has 60 valence electrons. The third-order valence-corrected chi connectivity index (χ3v) is 2.49. The summed E-state index contributed by atoms with van der Waals surface area (Å²) < 4.78 is 5.41. The van der Waals surface area contributed by atoms with Gasteiger partial charge in [0.2, 0.25) is 0 Å². The van der Waals surface area contributed by atoms with Crippen LogP contribution in [0.1, 0.15) is 20.8 Å². The average Bonchev–Trinajstić information content (AvgIpc) is 2.07. The van der Waals surface area contributed by atoms with Gasteiger partial charge in [0, 0.05) is 12.5 Å². The third-order valence-electron chi connectivity index (χ3n) is 2.49. The van der Waals surface area contributed by atoms with E-state index in [0.717, 1.165) is 6.61 Å². The van der Waals surface area contributed by atoms with Crippen molar-refractivity contribution in [3.63, 3.8) is 0 Å². The number of ether oxygens (including phenoxy) is 1. The molecule has 1 rings (SSSR count). The second kappa shape index (κ2) is 2.51. The van der Waals surface area contributed by atoms with Crippen LogP contribution in [0.2, 0.25) is 0 Å². The lowest BCUT2D eigenvalue weighted by Crippen LogP contribution is -2.28. The fourth-order valence-corrected chi connectivity index (χ4v) is 1.60. The molecular weight excluding hydrogens is 128 g/mol. The predicted molar refractivity (Wildman–Crippen MR) is 39.8 cm³/mol. The van der Waals surface area contributed by atoms with E-state index < -0.39 is 0 Å². The highest BCUT2D eigenvalue weighted by Gasteiger charge is 2.40. The highest BCUT2D eigenvalue weighted by molar-refractivity contribution is 4.87. The van der Waals surface area contributed by atoms with E-state index in [1.165, 1.54) is 0 Å². The van der Waals surface area contributed by atoms with Gasteiger partial charge in [-0.3, -0.25) is 0 Å². The van der Waals surface area contributed by atoms with Gasteiger partial charge >= 0.3 is 0 Å². The molecule has 1 fully saturated rings. The van der Waals surface area contributed by atoms with Gasteiger partial charge in [-0.25, -0.2) is 0 Å². The summed E-state index contributed by atoms with van der Waals surface area (Å²) in [5, 5.41) is 8.99. The minimum atomic E-state index is 0.161. The SMILES string of the molecule is CC1OCC(C)(C)C1CO. The van der Waals surface area contributed by atoms with E-state index in [1.54, 1.807) is 0 Å². The molecule has 10 heavy (non-hydrogen) atoms. The largest absolute Gasteiger partial charge is 0.396 e. The zero-order valence-electron chi connectivity index (χ0n) is 6.92.